The molecule has 2 saturated carbocycles. The van der Waals surface area contributed by atoms with E-state index in [0.717, 1.165) is 19.3 Å². The van der Waals surface area contributed by atoms with Crippen molar-refractivity contribution in [3.8, 4) is 0 Å². The molecule has 2 rings (SSSR count). The van der Waals surface area contributed by atoms with Crippen LogP contribution in [-0.4, -0.2) is 5.78 Å². The number of fused-ring (bicyclic) bond motifs is 2. The van der Waals surface area contributed by atoms with Crippen LogP contribution in [0.15, 0.2) is 0 Å². The zero-order valence-electron chi connectivity index (χ0n) is 9.89. The fraction of sp³-hybridized carbons (Fsp3) is 0.923. The smallest absolute Gasteiger partial charge is 0.142 e. The maximum absolute atomic E-state index is 12.3. The molecule has 0 unspecified atom stereocenters. The maximum atomic E-state index is 12.3. The van der Waals surface area contributed by atoms with Crippen LogP contribution in [0.4, 0.5) is 0 Å². The fourth-order valence-corrected chi connectivity index (χ4v) is 3.92. The van der Waals surface area contributed by atoms with Gasteiger partial charge in [-0.3, -0.25) is 4.79 Å². The van der Waals surface area contributed by atoms with E-state index in [2.05, 4.69) is 27.7 Å². The van der Waals surface area contributed by atoms with Gasteiger partial charge in [0.15, 0.2) is 0 Å². The molecule has 2 fully saturated rings. The second-order valence-electron chi connectivity index (χ2n) is 5.96. The first-order chi connectivity index (χ1) is 6.45. The number of rotatable bonds is 2. The van der Waals surface area contributed by atoms with Gasteiger partial charge < -0.3 is 0 Å². The maximum Gasteiger partial charge on any atom is 0.142 e. The molecule has 14 heavy (non-hydrogen) atoms. The third kappa shape index (κ3) is 0.936. The highest BCUT2D eigenvalue weighted by Gasteiger charge is 2.65. The SMILES string of the molecule is CCC[C@H]1C(=O)[C@@]2(C)CC[C@H]1C2(C)C. The monoisotopic (exact) mass is 194 g/mol. The number of carbonyl (C=O) groups excluding carboxylic acids is 1. The molecule has 0 spiro atoms. The number of Topliss-reactive ketones (excluding diaryl/α,β-unsaturated/α-hetero) is 1. The van der Waals surface area contributed by atoms with Crippen molar-refractivity contribution < 1.29 is 4.79 Å². The van der Waals surface area contributed by atoms with Gasteiger partial charge in [-0.2, -0.15) is 0 Å². The molecule has 80 valence electrons. The van der Waals surface area contributed by atoms with Gasteiger partial charge >= 0.3 is 0 Å². The normalized spacial score (nSPS) is 44.7. The molecule has 2 bridgehead atoms. The molecule has 0 aliphatic heterocycles. The van der Waals surface area contributed by atoms with E-state index in [9.17, 15) is 4.79 Å². The van der Waals surface area contributed by atoms with E-state index in [0.29, 0.717) is 17.6 Å². The van der Waals surface area contributed by atoms with Crippen LogP contribution in [0.2, 0.25) is 0 Å². The lowest BCUT2D eigenvalue weighted by atomic mass is 9.70. The minimum absolute atomic E-state index is 0.00248. The van der Waals surface area contributed by atoms with E-state index in [1.807, 2.05) is 0 Å². The minimum Gasteiger partial charge on any atom is -0.299 e. The summed E-state index contributed by atoms with van der Waals surface area (Å²) in [6.45, 7) is 9.00. The van der Waals surface area contributed by atoms with Gasteiger partial charge in [-0.25, -0.2) is 0 Å². The lowest BCUT2D eigenvalue weighted by Gasteiger charge is -2.32. The second kappa shape index (κ2) is 2.84. The minimum atomic E-state index is -0.00248. The summed E-state index contributed by atoms with van der Waals surface area (Å²) in [6, 6.07) is 0. The van der Waals surface area contributed by atoms with Gasteiger partial charge in [0.2, 0.25) is 0 Å². The van der Waals surface area contributed by atoms with E-state index in [1.165, 1.54) is 6.42 Å². The molecule has 0 aromatic heterocycles. The van der Waals surface area contributed by atoms with Crippen LogP contribution in [0.3, 0.4) is 0 Å². The molecule has 0 aromatic carbocycles. The highest BCUT2D eigenvalue weighted by atomic mass is 16.1. The third-order valence-electron chi connectivity index (χ3n) is 5.27. The summed E-state index contributed by atoms with van der Waals surface area (Å²) in [5, 5.41) is 0. The molecule has 3 atom stereocenters. The summed E-state index contributed by atoms with van der Waals surface area (Å²) in [6.07, 6.45) is 4.67. The summed E-state index contributed by atoms with van der Waals surface area (Å²) in [5.41, 5.74) is 0.251. The molecule has 0 saturated heterocycles. The van der Waals surface area contributed by atoms with Crippen molar-refractivity contribution in [2.75, 3.05) is 0 Å². The van der Waals surface area contributed by atoms with Gasteiger partial charge in [-0.05, 0) is 30.6 Å². The Morgan fingerprint density at radius 3 is 2.43 bits per heavy atom. The lowest BCUT2D eigenvalue weighted by Crippen LogP contribution is -2.33. The number of hydrogen-bond acceptors (Lipinski definition) is 1. The van der Waals surface area contributed by atoms with Crippen molar-refractivity contribution in [3.63, 3.8) is 0 Å². The summed E-state index contributed by atoms with van der Waals surface area (Å²) >= 11 is 0. The Bertz CT molecular complexity index is 266. The van der Waals surface area contributed by atoms with Crippen LogP contribution in [0.1, 0.15) is 53.4 Å². The van der Waals surface area contributed by atoms with E-state index in [-0.39, 0.29) is 10.8 Å². The molecular weight excluding hydrogens is 172 g/mol. The van der Waals surface area contributed by atoms with Gasteiger partial charge in [-0.1, -0.05) is 34.1 Å². The molecule has 2 aliphatic carbocycles. The predicted molar refractivity (Wildman–Crippen MR) is 58.0 cm³/mol. The Hall–Kier alpha value is -0.330. The van der Waals surface area contributed by atoms with Gasteiger partial charge in [0.05, 0.1) is 0 Å². The Balaban J connectivity index is 2.34. The highest BCUT2D eigenvalue weighted by molar-refractivity contribution is 5.91. The largest absolute Gasteiger partial charge is 0.299 e. The van der Waals surface area contributed by atoms with Crippen molar-refractivity contribution >= 4 is 5.78 Å². The molecule has 0 aromatic rings. The number of carbonyl (C=O) groups is 1. The van der Waals surface area contributed by atoms with Crippen molar-refractivity contribution in [3.05, 3.63) is 0 Å². The first-order valence-electron chi connectivity index (χ1n) is 5.99. The summed E-state index contributed by atoms with van der Waals surface area (Å²) < 4.78 is 0. The molecular formula is C13H22O. The van der Waals surface area contributed by atoms with Crippen LogP contribution >= 0.6 is 0 Å². The van der Waals surface area contributed by atoms with E-state index in [1.54, 1.807) is 0 Å². The van der Waals surface area contributed by atoms with E-state index >= 15 is 0 Å². The summed E-state index contributed by atoms with van der Waals surface area (Å²) in [7, 11) is 0. The zero-order chi connectivity index (χ0) is 10.6. The fourth-order valence-electron chi connectivity index (χ4n) is 3.92. The van der Waals surface area contributed by atoms with E-state index in [4.69, 9.17) is 0 Å². The van der Waals surface area contributed by atoms with Crippen LogP contribution < -0.4 is 0 Å². The van der Waals surface area contributed by atoms with Crippen LogP contribution in [0, 0.1) is 22.7 Å². The summed E-state index contributed by atoms with van der Waals surface area (Å²) in [5.74, 6) is 1.62. The molecule has 0 radical (unpaired) electrons. The van der Waals surface area contributed by atoms with Gasteiger partial charge in [0, 0.05) is 11.3 Å². The standard InChI is InChI=1S/C13H22O/c1-5-6-9-10-7-8-13(4,11(9)14)12(10,2)3/h9-10H,5-8H2,1-4H3/t9-,10-,13-/m1/s1. The Morgan fingerprint density at radius 2 is 2.00 bits per heavy atom. The first kappa shape index (κ1) is 10.2. The Morgan fingerprint density at radius 1 is 1.36 bits per heavy atom. The Labute approximate surface area is 87.3 Å². The van der Waals surface area contributed by atoms with E-state index < -0.39 is 0 Å². The van der Waals surface area contributed by atoms with Crippen molar-refractivity contribution in [1.29, 1.82) is 0 Å². The molecule has 1 heteroatoms. The molecule has 0 amide bonds. The number of ketones is 1. The van der Waals surface area contributed by atoms with Crippen LogP contribution in [0.25, 0.3) is 0 Å². The Kier molecular flexibility index (Phi) is 2.06. The van der Waals surface area contributed by atoms with Crippen molar-refractivity contribution in [2.24, 2.45) is 22.7 Å². The average molecular weight is 194 g/mol. The predicted octanol–water partition coefficient (Wildman–Crippen LogP) is 3.43. The van der Waals surface area contributed by atoms with Gasteiger partial charge in [0.1, 0.15) is 5.78 Å². The number of hydrogen-bond donors (Lipinski definition) is 0. The van der Waals surface area contributed by atoms with Gasteiger partial charge in [-0.15, -0.1) is 0 Å². The van der Waals surface area contributed by atoms with Gasteiger partial charge in [0.25, 0.3) is 0 Å². The van der Waals surface area contributed by atoms with Crippen molar-refractivity contribution in [1.82, 2.24) is 0 Å². The molecule has 0 heterocycles. The first-order valence-corrected chi connectivity index (χ1v) is 5.99. The van der Waals surface area contributed by atoms with Crippen molar-refractivity contribution in [2.45, 2.75) is 53.4 Å². The molecule has 2 aliphatic rings. The molecule has 0 N–H and O–H groups in total. The topological polar surface area (TPSA) is 17.1 Å². The van der Waals surface area contributed by atoms with Crippen LogP contribution in [-0.2, 0) is 4.79 Å². The second-order valence-corrected chi connectivity index (χ2v) is 5.96. The quantitative estimate of drug-likeness (QED) is 0.658. The zero-order valence-corrected chi connectivity index (χ0v) is 9.89. The third-order valence-corrected chi connectivity index (χ3v) is 5.27. The average Bonchev–Trinajstić information content (AvgIpc) is 2.41. The highest BCUT2D eigenvalue weighted by Crippen LogP contribution is 2.66. The summed E-state index contributed by atoms with van der Waals surface area (Å²) in [4.78, 5) is 12.3. The van der Waals surface area contributed by atoms with Crippen LogP contribution in [0.5, 0.6) is 0 Å². The lowest BCUT2D eigenvalue weighted by molar-refractivity contribution is -0.131. The molecule has 1 nitrogen and oxygen atoms in total.